The lowest BCUT2D eigenvalue weighted by Gasteiger charge is -2.16. The van der Waals surface area contributed by atoms with Crippen molar-refractivity contribution in [1.29, 1.82) is 0 Å². The molecule has 1 aliphatic rings. The molecule has 8 nitrogen and oxygen atoms in total. The van der Waals surface area contributed by atoms with Crippen LogP contribution in [0.3, 0.4) is 0 Å². The largest absolute Gasteiger partial charge is 0.384 e. The molecule has 96 valence electrons. The first kappa shape index (κ1) is 12.1. The molecule has 1 atom stereocenters. The molecular formula is C10H13N5O3. The molecule has 0 saturated carbocycles. The van der Waals surface area contributed by atoms with Gasteiger partial charge in [0.05, 0.1) is 10.8 Å². The molecule has 1 aromatic heterocycles. The van der Waals surface area contributed by atoms with Crippen molar-refractivity contribution in [2.75, 3.05) is 23.7 Å². The Morgan fingerprint density at radius 3 is 2.83 bits per heavy atom. The Kier molecular flexibility index (Phi) is 3.00. The zero-order valence-corrected chi connectivity index (χ0v) is 9.57. The third-order valence-corrected chi connectivity index (χ3v) is 2.96. The van der Waals surface area contributed by atoms with E-state index >= 15 is 0 Å². The van der Waals surface area contributed by atoms with Gasteiger partial charge in [0.2, 0.25) is 11.7 Å². The van der Waals surface area contributed by atoms with Crippen molar-refractivity contribution in [3.8, 4) is 0 Å². The van der Waals surface area contributed by atoms with Crippen LogP contribution in [0.1, 0.15) is 6.42 Å². The molecule has 2 rings (SSSR count). The van der Waals surface area contributed by atoms with Crippen molar-refractivity contribution >= 4 is 23.2 Å². The van der Waals surface area contributed by atoms with Gasteiger partial charge < -0.3 is 16.4 Å². The molecule has 1 aromatic rings. The number of carbonyl (C=O) groups excluding carboxylic acids is 1. The lowest BCUT2D eigenvalue weighted by atomic mass is 10.1. The first-order valence-electron chi connectivity index (χ1n) is 5.44. The van der Waals surface area contributed by atoms with Crippen LogP contribution in [-0.2, 0) is 4.79 Å². The van der Waals surface area contributed by atoms with Crippen molar-refractivity contribution in [2.45, 2.75) is 6.42 Å². The van der Waals surface area contributed by atoms with Crippen LogP contribution in [0, 0.1) is 16.0 Å². The normalized spacial score (nSPS) is 18.9. The van der Waals surface area contributed by atoms with E-state index < -0.39 is 10.8 Å². The quantitative estimate of drug-likeness (QED) is 0.569. The second-order valence-corrected chi connectivity index (χ2v) is 4.17. The molecule has 1 fully saturated rings. The Labute approximate surface area is 103 Å². The molecule has 1 amide bonds. The Hall–Kier alpha value is -2.38. The summed E-state index contributed by atoms with van der Waals surface area (Å²) in [6.07, 6.45) is 0.572. The molecule has 1 aliphatic heterocycles. The number of hydrogen-bond acceptors (Lipinski definition) is 6. The van der Waals surface area contributed by atoms with Crippen LogP contribution in [0.2, 0.25) is 0 Å². The lowest BCUT2D eigenvalue weighted by molar-refractivity contribution is -0.384. The van der Waals surface area contributed by atoms with Gasteiger partial charge in [0, 0.05) is 19.2 Å². The van der Waals surface area contributed by atoms with E-state index in [0.717, 1.165) is 0 Å². The number of aromatic nitrogens is 1. The minimum absolute atomic E-state index is 0.116. The predicted octanol–water partition coefficient (Wildman–Crippen LogP) is -0.116. The monoisotopic (exact) mass is 251 g/mol. The zero-order valence-electron chi connectivity index (χ0n) is 9.57. The summed E-state index contributed by atoms with van der Waals surface area (Å²) < 4.78 is 0. The second kappa shape index (κ2) is 4.47. The average molecular weight is 251 g/mol. The number of nitrogen functional groups attached to an aromatic ring is 1. The van der Waals surface area contributed by atoms with Crippen molar-refractivity contribution in [3.63, 3.8) is 0 Å². The third-order valence-electron chi connectivity index (χ3n) is 2.96. The Morgan fingerprint density at radius 2 is 2.28 bits per heavy atom. The minimum Gasteiger partial charge on any atom is -0.384 e. The van der Waals surface area contributed by atoms with Gasteiger partial charge in [-0.3, -0.25) is 14.9 Å². The van der Waals surface area contributed by atoms with Gasteiger partial charge in [0.15, 0.2) is 0 Å². The van der Waals surface area contributed by atoms with Crippen LogP contribution in [0.15, 0.2) is 12.1 Å². The van der Waals surface area contributed by atoms with Crippen LogP contribution in [-0.4, -0.2) is 28.9 Å². The fourth-order valence-corrected chi connectivity index (χ4v) is 2.02. The van der Waals surface area contributed by atoms with Gasteiger partial charge in [0.25, 0.3) is 0 Å². The van der Waals surface area contributed by atoms with Gasteiger partial charge in [-0.1, -0.05) is 0 Å². The highest BCUT2D eigenvalue weighted by Gasteiger charge is 2.31. The zero-order chi connectivity index (χ0) is 13.3. The van der Waals surface area contributed by atoms with E-state index in [1.165, 1.54) is 12.1 Å². The van der Waals surface area contributed by atoms with Gasteiger partial charge in [0.1, 0.15) is 5.82 Å². The number of amides is 1. The van der Waals surface area contributed by atoms with E-state index in [1.54, 1.807) is 4.90 Å². The SMILES string of the molecule is NC(=O)C1CCN(c2nc(N)ccc2[N+](=O)[O-])C1. The van der Waals surface area contributed by atoms with Crippen LogP contribution >= 0.6 is 0 Å². The molecule has 1 saturated heterocycles. The number of pyridine rings is 1. The van der Waals surface area contributed by atoms with Crippen molar-refractivity contribution < 1.29 is 9.72 Å². The number of rotatable bonds is 3. The summed E-state index contributed by atoms with van der Waals surface area (Å²) in [6.45, 7) is 0.845. The fourth-order valence-electron chi connectivity index (χ4n) is 2.02. The first-order chi connectivity index (χ1) is 8.49. The number of hydrogen-bond donors (Lipinski definition) is 2. The van der Waals surface area contributed by atoms with Crippen LogP contribution in [0.25, 0.3) is 0 Å². The summed E-state index contributed by atoms with van der Waals surface area (Å²) in [4.78, 5) is 27.1. The summed E-state index contributed by atoms with van der Waals surface area (Å²) in [6, 6.07) is 2.69. The molecule has 0 spiro atoms. The Bertz CT molecular complexity index is 504. The molecule has 4 N–H and O–H groups in total. The standard InChI is InChI=1S/C10H13N5O3/c11-8-2-1-7(15(17)18)10(13-8)14-4-3-6(5-14)9(12)16/h1-2,6H,3-5H2,(H2,11,13)(H2,12,16). The topological polar surface area (TPSA) is 128 Å². The van der Waals surface area contributed by atoms with Crippen molar-refractivity contribution in [2.24, 2.45) is 11.7 Å². The lowest BCUT2D eigenvalue weighted by Crippen LogP contribution is -2.28. The van der Waals surface area contributed by atoms with Gasteiger partial charge in [-0.25, -0.2) is 4.98 Å². The number of nitrogens with two attached hydrogens (primary N) is 2. The number of nitrogens with zero attached hydrogens (tertiary/aromatic N) is 3. The highest BCUT2D eigenvalue weighted by atomic mass is 16.6. The van der Waals surface area contributed by atoms with Gasteiger partial charge in [-0.15, -0.1) is 0 Å². The van der Waals surface area contributed by atoms with E-state index in [1.807, 2.05) is 0 Å². The molecule has 1 unspecified atom stereocenters. The summed E-state index contributed by atoms with van der Waals surface area (Å²) in [5.41, 5.74) is 10.6. The summed E-state index contributed by atoms with van der Waals surface area (Å²) in [5.74, 6) is -0.293. The van der Waals surface area contributed by atoms with Crippen molar-refractivity contribution in [3.05, 3.63) is 22.2 Å². The maximum Gasteiger partial charge on any atom is 0.311 e. The van der Waals surface area contributed by atoms with E-state index in [4.69, 9.17) is 11.5 Å². The summed E-state index contributed by atoms with van der Waals surface area (Å²) in [5, 5.41) is 10.9. The van der Waals surface area contributed by atoms with E-state index in [-0.39, 0.29) is 23.2 Å². The Balaban J connectivity index is 2.31. The van der Waals surface area contributed by atoms with Crippen LogP contribution < -0.4 is 16.4 Å². The summed E-state index contributed by atoms with van der Waals surface area (Å²) in [7, 11) is 0. The van der Waals surface area contributed by atoms with Gasteiger partial charge in [-0.2, -0.15) is 0 Å². The number of carbonyl (C=O) groups is 1. The first-order valence-corrected chi connectivity index (χ1v) is 5.44. The second-order valence-electron chi connectivity index (χ2n) is 4.17. The van der Waals surface area contributed by atoms with Crippen molar-refractivity contribution in [1.82, 2.24) is 4.98 Å². The van der Waals surface area contributed by atoms with Gasteiger partial charge >= 0.3 is 5.69 Å². The fraction of sp³-hybridized carbons (Fsp3) is 0.400. The predicted molar refractivity (Wildman–Crippen MR) is 64.8 cm³/mol. The molecule has 0 bridgehead atoms. The average Bonchev–Trinajstić information content (AvgIpc) is 2.77. The smallest absolute Gasteiger partial charge is 0.311 e. The van der Waals surface area contributed by atoms with Crippen LogP contribution in [0.5, 0.6) is 0 Å². The number of anilines is 2. The Morgan fingerprint density at radius 1 is 1.56 bits per heavy atom. The van der Waals surface area contributed by atoms with E-state index in [9.17, 15) is 14.9 Å². The molecule has 2 heterocycles. The van der Waals surface area contributed by atoms with E-state index in [0.29, 0.717) is 19.5 Å². The number of nitro groups is 1. The minimum atomic E-state index is -0.515. The summed E-state index contributed by atoms with van der Waals surface area (Å²) >= 11 is 0. The maximum atomic E-state index is 11.1. The molecule has 18 heavy (non-hydrogen) atoms. The third kappa shape index (κ3) is 2.17. The molecular weight excluding hydrogens is 238 g/mol. The molecule has 8 heteroatoms. The maximum absolute atomic E-state index is 11.1. The highest BCUT2D eigenvalue weighted by molar-refractivity contribution is 5.78. The highest BCUT2D eigenvalue weighted by Crippen LogP contribution is 2.30. The number of primary amides is 1. The van der Waals surface area contributed by atoms with Crippen LogP contribution in [0.4, 0.5) is 17.3 Å². The molecule has 0 aromatic carbocycles. The van der Waals surface area contributed by atoms with E-state index in [2.05, 4.69) is 4.98 Å². The van der Waals surface area contributed by atoms with Gasteiger partial charge in [-0.05, 0) is 12.5 Å². The molecule has 0 radical (unpaired) electrons. The molecule has 0 aliphatic carbocycles.